The predicted octanol–water partition coefficient (Wildman–Crippen LogP) is 4.19. The van der Waals surface area contributed by atoms with E-state index in [2.05, 4.69) is 20.1 Å². The zero-order chi connectivity index (χ0) is 23.4. The van der Waals surface area contributed by atoms with E-state index in [1.54, 1.807) is 59.4 Å². The molecule has 0 spiro atoms. The first-order valence-electron chi connectivity index (χ1n) is 10.4. The fourth-order valence-corrected chi connectivity index (χ4v) is 4.39. The van der Waals surface area contributed by atoms with Gasteiger partial charge in [-0.3, -0.25) is 9.52 Å². The zero-order valence-corrected chi connectivity index (χ0v) is 19.0. The van der Waals surface area contributed by atoms with Gasteiger partial charge < -0.3 is 5.32 Å². The highest BCUT2D eigenvalue weighted by atomic mass is 32.2. The number of hydrogen-bond donors (Lipinski definition) is 2. The highest BCUT2D eigenvalue weighted by Crippen LogP contribution is 2.20. The van der Waals surface area contributed by atoms with E-state index in [-0.39, 0.29) is 10.8 Å². The molecule has 8 nitrogen and oxygen atoms in total. The number of sulfonamides is 1. The summed E-state index contributed by atoms with van der Waals surface area (Å²) in [5.41, 5.74) is 3.10. The Morgan fingerprint density at radius 2 is 1.67 bits per heavy atom. The molecule has 4 aromatic rings. The minimum absolute atomic E-state index is 0.183. The second kappa shape index (κ2) is 9.25. The Labute approximate surface area is 192 Å². The number of aryl methyl sites for hydroxylation is 1. The Morgan fingerprint density at radius 1 is 0.970 bits per heavy atom. The molecule has 1 amide bonds. The molecule has 2 heterocycles. The fraction of sp³-hybridized carbons (Fsp3) is 0.125. The number of rotatable bonds is 7. The largest absolute Gasteiger partial charge is 0.322 e. The molecule has 2 aromatic heterocycles. The van der Waals surface area contributed by atoms with Crippen LogP contribution < -0.4 is 10.0 Å². The van der Waals surface area contributed by atoms with Gasteiger partial charge in [0.25, 0.3) is 15.9 Å². The molecule has 33 heavy (non-hydrogen) atoms. The van der Waals surface area contributed by atoms with Crippen LogP contribution in [0.25, 0.3) is 5.82 Å². The van der Waals surface area contributed by atoms with Crippen LogP contribution in [0.15, 0.2) is 84.0 Å². The summed E-state index contributed by atoms with van der Waals surface area (Å²) < 4.78 is 29.3. The number of carbonyl (C=O) groups excluding carboxylic acids is 1. The number of anilines is 2. The third-order valence-corrected chi connectivity index (χ3v) is 6.44. The summed E-state index contributed by atoms with van der Waals surface area (Å²) in [6.07, 6.45) is 3.79. The average Bonchev–Trinajstić information content (AvgIpc) is 3.25. The van der Waals surface area contributed by atoms with Crippen molar-refractivity contribution in [2.75, 3.05) is 10.0 Å². The fourth-order valence-electron chi connectivity index (χ4n) is 3.33. The molecule has 168 valence electrons. The number of nitrogens with zero attached hydrogens (tertiary/aromatic N) is 3. The molecule has 4 rings (SSSR count). The minimum atomic E-state index is -3.70. The number of carbonyl (C=O) groups is 1. The summed E-state index contributed by atoms with van der Waals surface area (Å²) in [5.74, 6) is 0.334. The SMILES string of the molecule is CCc1c(C(=O)Nc2ccc(NS(=O)(=O)c3ccc(C)cc3)cc2)cnn1-c1ccccn1. The zero-order valence-electron chi connectivity index (χ0n) is 18.2. The molecule has 0 atom stereocenters. The first-order chi connectivity index (χ1) is 15.9. The molecule has 0 saturated heterocycles. The lowest BCUT2D eigenvalue weighted by molar-refractivity contribution is 0.102. The number of nitrogens with one attached hydrogen (secondary N) is 2. The topological polar surface area (TPSA) is 106 Å². The molecular formula is C24H23N5O3S. The van der Waals surface area contributed by atoms with Gasteiger partial charge in [-0.05, 0) is 61.9 Å². The van der Waals surface area contributed by atoms with Gasteiger partial charge in [-0.1, -0.05) is 30.7 Å². The molecule has 0 aliphatic heterocycles. The van der Waals surface area contributed by atoms with Gasteiger partial charge in [0.05, 0.1) is 22.3 Å². The lowest BCUT2D eigenvalue weighted by Gasteiger charge is -2.10. The van der Waals surface area contributed by atoms with E-state index in [1.165, 1.54) is 6.20 Å². The molecule has 0 fully saturated rings. The lowest BCUT2D eigenvalue weighted by Crippen LogP contribution is -2.15. The van der Waals surface area contributed by atoms with Crippen molar-refractivity contribution >= 4 is 27.3 Å². The van der Waals surface area contributed by atoms with Crippen molar-refractivity contribution in [1.82, 2.24) is 14.8 Å². The molecule has 0 aliphatic carbocycles. The van der Waals surface area contributed by atoms with Gasteiger partial charge in [0.2, 0.25) is 0 Å². The summed E-state index contributed by atoms with van der Waals surface area (Å²) in [5, 5.41) is 7.16. The molecule has 0 radical (unpaired) electrons. The van der Waals surface area contributed by atoms with E-state index in [0.29, 0.717) is 29.2 Å². The van der Waals surface area contributed by atoms with Crippen molar-refractivity contribution in [2.24, 2.45) is 0 Å². The second-order valence-corrected chi connectivity index (χ2v) is 9.09. The number of hydrogen-bond acceptors (Lipinski definition) is 5. The summed E-state index contributed by atoms with van der Waals surface area (Å²) >= 11 is 0. The van der Waals surface area contributed by atoms with Gasteiger partial charge in [-0.15, -0.1) is 0 Å². The maximum atomic E-state index is 12.9. The van der Waals surface area contributed by atoms with Crippen LogP contribution in [-0.2, 0) is 16.4 Å². The van der Waals surface area contributed by atoms with Crippen molar-refractivity contribution in [3.8, 4) is 5.82 Å². The van der Waals surface area contributed by atoms with Crippen LogP contribution in [0.1, 0.15) is 28.5 Å². The molecule has 0 unspecified atom stereocenters. The van der Waals surface area contributed by atoms with E-state index in [1.807, 2.05) is 32.0 Å². The van der Waals surface area contributed by atoms with Crippen molar-refractivity contribution in [3.05, 3.63) is 95.9 Å². The van der Waals surface area contributed by atoms with Gasteiger partial charge in [0, 0.05) is 17.6 Å². The summed E-state index contributed by atoms with van der Waals surface area (Å²) in [6, 6.07) is 18.6. The predicted molar refractivity (Wildman–Crippen MR) is 127 cm³/mol. The van der Waals surface area contributed by atoms with E-state index in [4.69, 9.17) is 0 Å². The van der Waals surface area contributed by atoms with Crippen LogP contribution in [0, 0.1) is 6.92 Å². The summed E-state index contributed by atoms with van der Waals surface area (Å²) in [4.78, 5) is 17.3. The van der Waals surface area contributed by atoms with Crippen molar-refractivity contribution in [3.63, 3.8) is 0 Å². The van der Waals surface area contributed by atoms with E-state index >= 15 is 0 Å². The molecule has 0 aliphatic rings. The highest BCUT2D eigenvalue weighted by molar-refractivity contribution is 7.92. The first-order valence-corrected chi connectivity index (χ1v) is 11.8. The van der Waals surface area contributed by atoms with Crippen molar-refractivity contribution in [1.29, 1.82) is 0 Å². The number of benzene rings is 2. The van der Waals surface area contributed by atoms with E-state index in [0.717, 1.165) is 11.3 Å². The number of aromatic nitrogens is 3. The molecule has 2 N–H and O–H groups in total. The third kappa shape index (κ3) is 4.93. The van der Waals surface area contributed by atoms with Gasteiger partial charge >= 0.3 is 0 Å². The summed E-state index contributed by atoms with van der Waals surface area (Å²) in [6.45, 7) is 3.84. The minimum Gasteiger partial charge on any atom is -0.322 e. The number of amides is 1. The Hall–Kier alpha value is -3.98. The van der Waals surface area contributed by atoms with Gasteiger partial charge in [0.1, 0.15) is 0 Å². The van der Waals surface area contributed by atoms with Crippen LogP contribution in [-0.4, -0.2) is 29.1 Å². The Bertz CT molecular complexity index is 1360. The molecule has 0 bridgehead atoms. The van der Waals surface area contributed by atoms with Gasteiger partial charge in [0.15, 0.2) is 5.82 Å². The maximum Gasteiger partial charge on any atom is 0.261 e. The van der Waals surface area contributed by atoms with Gasteiger partial charge in [-0.2, -0.15) is 5.10 Å². The number of pyridine rings is 1. The smallest absolute Gasteiger partial charge is 0.261 e. The molecule has 0 saturated carbocycles. The van der Waals surface area contributed by atoms with E-state index in [9.17, 15) is 13.2 Å². The summed E-state index contributed by atoms with van der Waals surface area (Å²) in [7, 11) is -3.70. The Morgan fingerprint density at radius 3 is 2.30 bits per heavy atom. The molecule has 9 heteroatoms. The normalized spacial score (nSPS) is 11.2. The highest BCUT2D eigenvalue weighted by Gasteiger charge is 2.18. The van der Waals surface area contributed by atoms with Crippen LogP contribution in [0.5, 0.6) is 0 Å². The van der Waals surface area contributed by atoms with Crippen LogP contribution in [0.4, 0.5) is 11.4 Å². The second-order valence-electron chi connectivity index (χ2n) is 7.41. The molecular weight excluding hydrogens is 438 g/mol. The van der Waals surface area contributed by atoms with Crippen LogP contribution in [0.3, 0.4) is 0 Å². The van der Waals surface area contributed by atoms with Crippen LogP contribution in [0.2, 0.25) is 0 Å². The van der Waals surface area contributed by atoms with Gasteiger partial charge in [-0.25, -0.2) is 18.1 Å². The van der Waals surface area contributed by atoms with Crippen molar-refractivity contribution in [2.45, 2.75) is 25.2 Å². The monoisotopic (exact) mass is 461 g/mol. The maximum absolute atomic E-state index is 12.9. The standard InChI is InChI=1S/C24H23N5O3S/c1-3-22-21(16-26-29(22)23-6-4-5-15-25-23)24(30)27-18-9-11-19(12-10-18)28-33(31,32)20-13-7-17(2)8-14-20/h4-16,28H,3H2,1-2H3,(H,27,30). The lowest BCUT2D eigenvalue weighted by atomic mass is 10.2. The Balaban J connectivity index is 1.48. The molecule has 2 aromatic carbocycles. The van der Waals surface area contributed by atoms with Crippen LogP contribution >= 0.6 is 0 Å². The first kappa shape index (κ1) is 22.2. The average molecular weight is 462 g/mol. The Kier molecular flexibility index (Phi) is 6.23. The quantitative estimate of drug-likeness (QED) is 0.429. The third-order valence-electron chi connectivity index (χ3n) is 5.04. The van der Waals surface area contributed by atoms with E-state index < -0.39 is 10.0 Å². The van der Waals surface area contributed by atoms with Crippen molar-refractivity contribution < 1.29 is 13.2 Å².